The fraction of sp³-hybridized carbons (Fsp3) is 0.389. The number of benzene rings is 1. The van der Waals surface area contributed by atoms with E-state index in [0.717, 1.165) is 37.0 Å². The zero-order valence-corrected chi connectivity index (χ0v) is 14.3. The smallest absolute Gasteiger partial charge is 0.0900 e. The van der Waals surface area contributed by atoms with Crippen molar-refractivity contribution in [1.29, 1.82) is 0 Å². The van der Waals surface area contributed by atoms with Crippen molar-refractivity contribution in [2.75, 3.05) is 13.1 Å². The van der Waals surface area contributed by atoms with Crippen LogP contribution in [0.2, 0.25) is 0 Å². The molecule has 118 valence electrons. The molecule has 1 aliphatic rings. The highest BCUT2D eigenvalue weighted by molar-refractivity contribution is 7.11. The van der Waals surface area contributed by atoms with Crippen LogP contribution in [0.25, 0.3) is 11.0 Å². The second-order valence-corrected chi connectivity index (χ2v) is 7.41. The first-order valence-corrected chi connectivity index (χ1v) is 8.92. The second kappa shape index (κ2) is 5.98. The van der Waals surface area contributed by atoms with Crippen LogP contribution in [-0.2, 0) is 12.8 Å². The van der Waals surface area contributed by atoms with Crippen molar-refractivity contribution in [1.82, 2.24) is 19.9 Å². The number of thiazole rings is 1. The van der Waals surface area contributed by atoms with Gasteiger partial charge in [-0.05, 0) is 38.0 Å². The normalized spacial score (nSPS) is 17.0. The summed E-state index contributed by atoms with van der Waals surface area (Å²) in [6.45, 7) is 6.55. The Kier molecular flexibility index (Phi) is 3.83. The lowest BCUT2D eigenvalue weighted by atomic mass is 10.1. The maximum absolute atomic E-state index is 4.69. The summed E-state index contributed by atoms with van der Waals surface area (Å²) >= 11 is 1.86. The van der Waals surface area contributed by atoms with Crippen LogP contribution in [0.5, 0.6) is 0 Å². The van der Waals surface area contributed by atoms with Gasteiger partial charge in [-0.3, -0.25) is 14.9 Å². The number of aromatic nitrogens is 3. The Bertz CT molecular complexity index is 816. The Labute approximate surface area is 140 Å². The molecule has 0 aliphatic carbocycles. The largest absolute Gasteiger partial charge is 0.296 e. The van der Waals surface area contributed by atoms with E-state index in [4.69, 9.17) is 4.98 Å². The van der Waals surface area contributed by atoms with Gasteiger partial charge in [-0.1, -0.05) is 6.07 Å². The number of hydrogen-bond acceptors (Lipinski definition) is 5. The maximum atomic E-state index is 4.69. The monoisotopic (exact) mass is 324 g/mol. The van der Waals surface area contributed by atoms with Gasteiger partial charge in [0, 0.05) is 42.8 Å². The van der Waals surface area contributed by atoms with Gasteiger partial charge >= 0.3 is 0 Å². The molecule has 0 N–H and O–H groups in total. The van der Waals surface area contributed by atoms with E-state index in [1.807, 2.05) is 11.3 Å². The van der Waals surface area contributed by atoms with Crippen LogP contribution in [-0.4, -0.2) is 32.9 Å². The van der Waals surface area contributed by atoms with Crippen LogP contribution in [0.1, 0.15) is 34.1 Å². The molecule has 3 aromatic rings. The molecule has 0 fully saturated rings. The highest BCUT2D eigenvalue weighted by atomic mass is 32.1. The summed E-state index contributed by atoms with van der Waals surface area (Å²) in [6, 6.07) is 6.82. The molecule has 23 heavy (non-hydrogen) atoms. The van der Waals surface area contributed by atoms with Crippen LogP contribution < -0.4 is 0 Å². The van der Waals surface area contributed by atoms with Gasteiger partial charge in [0.15, 0.2) is 0 Å². The van der Waals surface area contributed by atoms with E-state index in [9.17, 15) is 0 Å². The van der Waals surface area contributed by atoms with Crippen LogP contribution in [0.3, 0.4) is 0 Å². The van der Waals surface area contributed by atoms with Crippen molar-refractivity contribution >= 4 is 22.4 Å². The molecule has 1 unspecified atom stereocenters. The number of rotatable bonds is 2. The summed E-state index contributed by atoms with van der Waals surface area (Å²) < 4.78 is 0. The van der Waals surface area contributed by atoms with Gasteiger partial charge in [0.25, 0.3) is 0 Å². The molecule has 0 saturated heterocycles. The molecule has 5 heteroatoms. The first kappa shape index (κ1) is 14.7. The Morgan fingerprint density at radius 2 is 1.87 bits per heavy atom. The van der Waals surface area contributed by atoms with Gasteiger partial charge in [0.2, 0.25) is 0 Å². The minimum Gasteiger partial charge on any atom is -0.296 e. The molecule has 0 saturated carbocycles. The van der Waals surface area contributed by atoms with Gasteiger partial charge < -0.3 is 0 Å². The molecule has 0 bridgehead atoms. The van der Waals surface area contributed by atoms with E-state index < -0.39 is 0 Å². The van der Waals surface area contributed by atoms with Crippen molar-refractivity contribution in [3.8, 4) is 0 Å². The average molecular weight is 324 g/mol. The van der Waals surface area contributed by atoms with Crippen LogP contribution >= 0.6 is 11.3 Å². The number of hydrogen-bond donors (Lipinski definition) is 0. The molecule has 0 amide bonds. The molecule has 1 aromatic carbocycles. The summed E-state index contributed by atoms with van der Waals surface area (Å²) in [7, 11) is 0. The summed E-state index contributed by atoms with van der Waals surface area (Å²) in [6.07, 6.45) is 5.67. The predicted molar refractivity (Wildman–Crippen MR) is 93.8 cm³/mol. The van der Waals surface area contributed by atoms with E-state index >= 15 is 0 Å². The van der Waals surface area contributed by atoms with E-state index in [0.29, 0.717) is 6.04 Å². The second-order valence-electron chi connectivity index (χ2n) is 6.12. The molecule has 1 atom stereocenters. The van der Waals surface area contributed by atoms with Crippen molar-refractivity contribution in [2.45, 2.75) is 32.7 Å². The van der Waals surface area contributed by atoms with Gasteiger partial charge in [-0.15, -0.1) is 11.3 Å². The zero-order valence-electron chi connectivity index (χ0n) is 13.5. The molecular weight excluding hydrogens is 304 g/mol. The summed E-state index contributed by atoms with van der Waals surface area (Å²) in [5.41, 5.74) is 4.56. The zero-order chi connectivity index (χ0) is 15.8. The van der Waals surface area contributed by atoms with E-state index in [1.54, 1.807) is 12.4 Å². The highest BCUT2D eigenvalue weighted by Gasteiger charge is 2.22. The molecule has 4 nitrogen and oxygen atoms in total. The van der Waals surface area contributed by atoms with E-state index in [1.165, 1.54) is 21.1 Å². The van der Waals surface area contributed by atoms with Gasteiger partial charge in [-0.2, -0.15) is 0 Å². The Morgan fingerprint density at radius 3 is 2.74 bits per heavy atom. The van der Waals surface area contributed by atoms with Crippen LogP contribution in [0.4, 0.5) is 0 Å². The lowest BCUT2D eigenvalue weighted by Gasteiger charge is -2.28. The molecule has 0 spiro atoms. The van der Waals surface area contributed by atoms with Crippen molar-refractivity contribution in [2.24, 2.45) is 0 Å². The summed E-state index contributed by atoms with van der Waals surface area (Å²) in [5.74, 6) is 0. The predicted octanol–water partition coefficient (Wildman–Crippen LogP) is 3.56. The molecule has 0 radical (unpaired) electrons. The quantitative estimate of drug-likeness (QED) is 0.723. The fourth-order valence-corrected chi connectivity index (χ4v) is 4.32. The Balaban J connectivity index is 1.56. The third-order valence-electron chi connectivity index (χ3n) is 4.67. The summed E-state index contributed by atoms with van der Waals surface area (Å²) in [4.78, 5) is 17.5. The fourth-order valence-electron chi connectivity index (χ4n) is 3.35. The highest BCUT2D eigenvalue weighted by Crippen LogP contribution is 2.28. The number of fused-ring (bicyclic) bond motifs is 2. The van der Waals surface area contributed by atoms with Crippen LogP contribution in [0, 0.1) is 6.92 Å². The summed E-state index contributed by atoms with van der Waals surface area (Å²) in [5, 5.41) is 1.20. The molecule has 4 rings (SSSR count). The van der Waals surface area contributed by atoms with E-state index in [2.05, 4.69) is 46.9 Å². The third-order valence-corrected chi connectivity index (χ3v) is 5.74. The lowest BCUT2D eigenvalue weighted by Crippen LogP contribution is -2.29. The number of nitrogens with zero attached hydrogens (tertiary/aromatic N) is 4. The first-order valence-electron chi connectivity index (χ1n) is 8.10. The van der Waals surface area contributed by atoms with Crippen molar-refractivity contribution in [3.05, 3.63) is 51.7 Å². The molecule has 1 aliphatic heterocycles. The Morgan fingerprint density at radius 1 is 1.09 bits per heavy atom. The van der Waals surface area contributed by atoms with Crippen molar-refractivity contribution < 1.29 is 0 Å². The first-order chi connectivity index (χ1) is 11.2. The molecular formula is C18H20N4S. The third kappa shape index (κ3) is 2.86. The molecule has 3 heterocycles. The minimum absolute atomic E-state index is 0.386. The van der Waals surface area contributed by atoms with Gasteiger partial charge in [0.05, 0.1) is 21.7 Å². The van der Waals surface area contributed by atoms with Gasteiger partial charge in [-0.25, -0.2) is 4.98 Å². The SMILES string of the molecule is Cc1nc2c(s1)CCN(C(C)c1ccc3nccnc3c1)CC2. The lowest BCUT2D eigenvalue weighted by molar-refractivity contribution is 0.221. The Hall–Kier alpha value is -1.85. The van der Waals surface area contributed by atoms with Crippen LogP contribution in [0.15, 0.2) is 30.6 Å². The standard InChI is InChI=1S/C18H20N4S/c1-12(14-3-4-15-17(11-14)20-8-7-19-15)22-9-5-16-18(6-10-22)23-13(2)21-16/h3-4,7-8,11-12H,5-6,9-10H2,1-2H3. The number of aryl methyl sites for hydroxylation is 1. The minimum atomic E-state index is 0.386. The maximum Gasteiger partial charge on any atom is 0.0900 e. The van der Waals surface area contributed by atoms with E-state index in [-0.39, 0.29) is 0 Å². The molecule has 2 aromatic heterocycles. The van der Waals surface area contributed by atoms with Gasteiger partial charge in [0.1, 0.15) is 0 Å². The van der Waals surface area contributed by atoms with Crippen molar-refractivity contribution in [3.63, 3.8) is 0 Å². The topological polar surface area (TPSA) is 41.9 Å². The average Bonchev–Trinajstić information content (AvgIpc) is 2.82.